The summed E-state index contributed by atoms with van der Waals surface area (Å²) in [6.45, 7) is 4.49. The second-order valence-corrected chi connectivity index (χ2v) is 5.94. The molecule has 0 aliphatic heterocycles. The number of hydrogen-bond donors (Lipinski definition) is 1. The molecule has 0 saturated carbocycles. The van der Waals surface area contributed by atoms with Crippen LogP contribution >= 0.6 is 0 Å². The van der Waals surface area contributed by atoms with Crippen LogP contribution in [-0.4, -0.2) is 35.6 Å². The van der Waals surface area contributed by atoms with Gasteiger partial charge in [-0.25, -0.2) is 4.98 Å². The number of carbonyl (C=O) groups excluding carboxylic acids is 1. The van der Waals surface area contributed by atoms with Crippen LogP contribution in [0.2, 0.25) is 0 Å². The number of hydrogen-bond acceptors (Lipinski definition) is 6. The number of pyridine rings is 1. The molecule has 4 aromatic heterocycles. The molecular formula is C17H17N7O2. The minimum Gasteiger partial charge on any atom is -0.335 e. The summed E-state index contributed by atoms with van der Waals surface area (Å²) in [5, 5.41) is 15.7. The Labute approximate surface area is 148 Å². The predicted octanol–water partition coefficient (Wildman–Crippen LogP) is 2.40. The Kier molecular flexibility index (Phi) is 3.76. The first-order chi connectivity index (χ1) is 12.5. The summed E-state index contributed by atoms with van der Waals surface area (Å²) in [5.74, 6) is -0.274. The molecule has 4 aromatic rings. The van der Waals surface area contributed by atoms with Gasteiger partial charge in [0.15, 0.2) is 0 Å². The third-order valence-electron chi connectivity index (χ3n) is 4.08. The number of rotatable bonds is 4. The predicted molar refractivity (Wildman–Crippen MR) is 94.6 cm³/mol. The lowest BCUT2D eigenvalue weighted by Crippen LogP contribution is -2.12. The first-order valence-corrected chi connectivity index (χ1v) is 8.15. The second-order valence-electron chi connectivity index (χ2n) is 5.94. The van der Waals surface area contributed by atoms with Gasteiger partial charge in [-0.3, -0.25) is 14.2 Å². The van der Waals surface area contributed by atoms with Crippen molar-refractivity contribution in [3.05, 3.63) is 42.1 Å². The number of nitrogens with one attached hydrogen (secondary N) is 1. The van der Waals surface area contributed by atoms with Crippen LogP contribution in [0.4, 0.5) is 5.69 Å². The summed E-state index contributed by atoms with van der Waals surface area (Å²) in [6.07, 6.45) is 6.90. The number of aryl methyl sites for hydroxylation is 3. The van der Waals surface area contributed by atoms with E-state index >= 15 is 0 Å². The van der Waals surface area contributed by atoms with E-state index in [4.69, 9.17) is 4.52 Å². The van der Waals surface area contributed by atoms with E-state index in [-0.39, 0.29) is 5.91 Å². The second kappa shape index (κ2) is 6.10. The fraction of sp³-hybridized carbons (Fsp3) is 0.235. The molecule has 1 N–H and O–H groups in total. The van der Waals surface area contributed by atoms with Crippen LogP contribution in [0.5, 0.6) is 0 Å². The molecule has 0 aliphatic carbocycles. The van der Waals surface area contributed by atoms with Crippen molar-refractivity contribution in [3.8, 4) is 11.3 Å². The molecule has 9 heteroatoms. The highest BCUT2D eigenvalue weighted by Gasteiger charge is 2.20. The van der Waals surface area contributed by atoms with Gasteiger partial charge in [0.1, 0.15) is 0 Å². The molecule has 0 bridgehead atoms. The number of nitrogens with zero attached hydrogens (tertiary/aromatic N) is 6. The molecule has 0 saturated heterocycles. The molecule has 0 aromatic carbocycles. The minimum atomic E-state index is -0.274. The summed E-state index contributed by atoms with van der Waals surface area (Å²) in [6, 6.07) is 1.73. The van der Waals surface area contributed by atoms with Crippen LogP contribution in [0.1, 0.15) is 23.0 Å². The summed E-state index contributed by atoms with van der Waals surface area (Å²) >= 11 is 0. The first-order valence-electron chi connectivity index (χ1n) is 8.15. The van der Waals surface area contributed by atoms with E-state index in [2.05, 4.69) is 25.7 Å². The molecule has 1 amide bonds. The number of anilines is 1. The summed E-state index contributed by atoms with van der Waals surface area (Å²) in [4.78, 5) is 17.4. The normalized spacial score (nSPS) is 11.2. The molecule has 0 spiro atoms. The molecule has 4 rings (SSSR count). The van der Waals surface area contributed by atoms with Gasteiger partial charge in [0.25, 0.3) is 11.6 Å². The highest BCUT2D eigenvalue weighted by molar-refractivity contribution is 6.12. The van der Waals surface area contributed by atoms with Crippen LogP contribution in [0.15, 0.2) is 35.4 Å². The quantitative estimate of drug-likeness (QED) is 0.605. The largest absolute Gasteiger partial charge is 0.335 e. The molecule has 26 heavy (non-hydrogen) atoms. The topological polar surface area (TPSA) is 104 Å². The fourth-order valence-corrected chi connectivity index (χ4v) is 2.77. The Bertz CT molecular complexity index is 1110. The van der Waals surface area contributed by atoms with Crippen molar-refractivity contribution in [2.24, 2.45) is 7.05 Å². The number of aromatic nitrogens is 6. The van der Waals surface area contributed by atoms with E-state index in [0.717, 1.165) is 12.1 Å². The standard InChI is InChI=1S/C17H17N7O2/c1-4-24-9-12(7-19-24)20-16(25)13-5-14(11-6-18-23(3)8-11)21-17-15(13)10(2)22-26-17/h5-9H,4H2,1-3H3,(H,20,25). The number of amides is 1. The van der Waals surface area contributed by atoms with Gasteiger partial charge in [-0.2, -0.15) is 10.2 Å². The van der Waals surface area contributed by atoms with E-state index in [9.17, 15) is 4.79 Å². The Hall–Kier alpha value is -3.49. The van der Waals surface area contributed by atoms with Crippen LogP contribution in [0.25, 0.3) is 22.4 Å². The van der Waals surface area contributed by atoms with Crippen molar-refractivity contribution in [3.63, 3.8) is 0 Å². The van der Waals surface area contributed by atoms with Crippen molar-refractivity contribution < 1.29 is 9.32 Å². The van der Waals surface area contributed by atoms with Crippen molar-refractivity contribution in [2.45, 2.75) is 20.4 Å². The molecule has 4 heterocycles. The maximum Gasteiger partial charge on any atom is 0.259 e. The van der Waals surface area contributed by atoms with Crippen molar-refractivity contribution in [1.82, 2.24) is 29.7 Å². The number of fused-ring (bicyclic) bond motifs is 1. The Morgan fingerprint density at radius 3 is 2.81 bits per heavy atom. The zero-order valence-electron chi connectivity index (χ0n) is 14.6. The van der Waals surface area contributed by atoms with Gasteiger partial charge in [0.05, 0.1) is 40.4 Å². The van der Waals surface area contributed by atoms with E-state index in [1.165, 1.54) is 0 Å². The van der Waals surface area contributed by atoms with E-state index in [1.807, 2.05) is 20.2 Å². The lowest BCUT2D eigenvalue weighted by molar-refractivity contribution is 0.102. The number of carbonyl (C=O) groups is 1. The molecule has 0 fully saturated rings. The van der Waals surface area contributed by atoms with Gasteiger partial charge < -0.3 is 9.84 Å². The van der Waals surface area contributed by atoms with Crippen LogP contribution < -0.4 is 5.32 Å². The zero-order chi connectivity index (χ0) is 18.3. The van der Waals surface area contributed by atoms with Gasteiger partial charge >= 0.3 is 0 Å². The molecular weight excluding hydrogens is 334 g/mol. The minimum absolute atomic E-state index is 0.274. The molecule has 0 atom stereocenters. The van der Waals surface area contributed by atoms with Crippen molar-refractivity contribution in [1.29, 1.82) is 0 Å². The molecule has 132 valence electrons. The average molecular weight is 351 g/mol. The third-order valence-corrected chi connectivity index (χ3v) is 4.08. The Morgan fingerprint density at radius 1 is 1.27 bits per heavy atom. The van der Waals surface area contributed by atoms with Gasteiger partial charge in [0.2, 0.25) is 0 Å². The highest BCUT2D eigenvalue weighted by Crippen LogP contribution is 2.27. The fourth-order valence-electron chi connectivity index (χ4n) is 2.77. The van der Waals surface area contributed by atoms with E-state index in [0.29, 0.717) is 33.7 Å². The van der Waals surface area contributed by atoms with E-state index in [1.54, 1.807) is 40.9 Å². The molecule has 0 radical (unpaired) electrons. The Balaban J connectivity index is 1.78. The highest BCUT2D eigenvalue weighted by atomic mass is 16.5. The summed E-state index contributed by atoms with van der Waals surface area (Å²) in [7, 11) is 1.82. The third kappa shape index (κ3) is 2.73. The van der Waals surface area contributed by atoms with Crippen LogP contribution in [0, 0.1) is 6.92 Å². The Morgan fingerprint density at radius 2 is 2.12 bits per heavy atom. The van der Waals surface area contributed by atoms with Crippen molar-refractivity contribution in [2.75, 3.05) is 5.32 Å². The van der Waals surface area contributed by atoms with Crippen LogP contribution in [-0.2, 0) is 13.6 Å². The lowest BCUT2D eigenvalue weighted by Gasteiger charge is -2.06. The maximum atomic E-state index is 12.9. The zero-order valence-corrected chi connectivity index (χ0v) is 14.6. The van der Waals surface area contributed by atoms with Gasteiger partial charge in [-0.1, -0.05) is 5.16 Å². The van der Waals surface area contributed by atoms with Gasteiger partial charge in [-0.05, 0) is 19.9 Å². The van der Waals surface area contributed by atoms with Crippen LogP contribution in [0.3, 0.4) is 0 Å². The summed E-state index contributed by atoms with van der Waals surface area (Å²) < 4.78 is 8.71. The molecule has 9 nitrogen and oxygen atoms in total. The van der Waals surface area contributed by atoms with Gasteiger partial charge in [-0.15, -0.1) is 0 Å². The smallest absolute Gasteiger partial charge is 0.259 e. The molecule has 0 unspecified atom stereocenters. The summed E-state index contributed by atoms with van der Waals surface area (Å²) in [5.41, 5.74) is 3.38. The van der Waals surface area contributed by atoms with Gasteiger partial charge in [0, 0.05) is 31.5 Å². The average Bonchev–Trinajstić information content (AvgIpc) is 3.35. The maximum absolute atomic E-state index is 12.9. The SMILES string of the molecule is CCn1cc(NC(=O)c2cc(-c3cnn(C)c3)nc3onc(C)c23)cn1. The first kappa shape index (κ1) is 16.0. The van der Waals surface area contributed by atoms with E-state index < -0.39 is 0 Å². The lowest BCUT2D eigenvalue weighted by atomic mass is 10.1. The van der Waals surface area contributed by atoms with Crippen molar-refractivity contribution >= 4 is 22.7 Å². The molecule has 0 aliphatic rings. The monoisotopic (exact) mass is 351 g/mol.